The average molecular weight is 268 g/mol. The van der Waals surface area contributed by atoms with Crippen molar-refractivity contribution in [3.63, 3.8) is 0 Å². The van der Waals surface area contributed by atoms with Crippen molar-refractivity contribution in [2.24, 2.45) is 0 Å². The van der Waals surface area contributed by atoms with Crippen molar-refractivity contribution in [1.82, 2.24) is 9.36 Å². The molecule has 3 rings (SSSR count). The number of aryl methyl sites for hydroxylation is 1. The monoisotopic (exact) mass is 268 g/mol. The lowest BCUT2D eigenvalue weighted by Crippen LogP contribution is -2.17. The molecule has 1 aliphatic heterocycles. The molecule has 0 atom stereocenters. The van der Waals surface area contributed by atoms with Gasteiger partial charge in [0.15, 0.2) is 0 Å². The zero-order valence-corrected chi connectivity index (χ0v) is 11.6. The Morgan fingerprint density at radius 1 is 1.25 bits per heavy atom. The molecule has 1 N–H and O–H groups in total. The molecule has 1 aromatic heterocycles. The van der Waals surface area contributed by atoms with E-state index >= 15 is 0 Å². The second kappa shape index (κ2) is 4.61. The summed E-state index contributed by atoms with van der Waals surface area (Å²) in [6.07, 6.45) is 0.896. The van der Waals surface area contributed by atoms with Crippen molar-refractivity contribution in [3.8, 4) is 28.8 Å². The van der Waals surface area contributed by atoms with E-state index in [2.05, 4.69) is 11.8 Å². The normalized spacial score (nSPS) is 12.9. The van der Waals surface area contributed by atoms with Gasteiger partial charge in [0.25, 0.3) is 5.56 Å². The minimum atomic E-state index is -0.113. The van der Waals surface area contributed by atoms with Crippen LogP contribution in [0.3, 0.4) is 0 Å². The summed E-state index contributed by atoms with van der Waals surface area (Å²) in [5, 5.41) is 10.3. The first-order chi connectivity index (χ1) is 9.63. The van der Waals surface area contributed by atoms with Crippen LogP contribution in [0.2, 0.25) is 0 Å². The predicted octanol–water partition coefficient (Wildman–Crippen LogP) is 2.11. The molecule has 0 aliphatic carbocycles. The van der Waals surface area contributed by atoms with Crippen LogP contribution in [-0.2, 0) is 13.1 Å². The van der Waals surface area contributed by atoms with Crippen molar-refractivity contribution < 1.29 is 5.11 Å². The molecular weight excluding hydrogens is 252 g/mol. The van der Waals surface area contributed by atoms with Crippen molar-refractivity contribution in [1.29, 1.82) is 0 Å². The molecule has 1 aliphatic rings. The van der Waals surface area contributed by atoms with Crippen LogP contribution in [0.5, 0.6) is 5.88 Å². The lowest BCUT2D eigenvalue weighted by Gasteiger charge is -2.05. The summed E-state index contributed by atoms with van der Waals surface area (Å²) in [6, 6.07) is 5.69. The number of nitrogens with zero attached hydrogens (tertiary/aromatic N) is 2. The van der Waals surface area contributed by atoms with Gasteiger partial charge in [-0.2, -0.15) is 0 Å². The van der Waals surface area contributed by atoms with E-state index in [1.54, 1.807) is 16.3 Å². The zero-order chi connectivity index (χ0) is 14.3. The van der Waals surface area contributed by atoms with E-state index in [4.69, 9.17) is 0 Å². The van der Waals surface area contributed by atoms with Gasteiger partial charge in [-0.25, -0.2) is 4.68 Å². The maximum atomic E-state index is 12.4. The molecule has 0 radical (unpaired) electrons. The molecule has 0 fully saturated rings. The lowest BCUT2D eigenvalue weighted by molar-refractivity contribution is 0.399. The summed E-state index contributed by atoms with van der Waals surface area (Å²) >= 11 is 0. The summed E-state index contributed by atoms with van der Waals surface area (Å²) in [7, 11) is 0. The van der Waals surface area contributed by atoms with E-state index < -0.39 is 0 Å². The Balaban J connectivity index is 2.19. The number of aromatic hydroxyl groups is 1. The Morgan fingerprint density at radius 2 is 2.00 bits per heavy atom. The topological polar surface area (TPSA) is 47.2 Å². The predicted molar refractivity (Wildman–Crippen MR) is 77.7 cm³/mol. The second-order valence-electron chi connectivity index (χ2n) is 5.01. The SMILES string of the molecule is CC#Cc1ccc(-c2c(O)n3n(c2=O)CCC3)c(C)c1. The highest BCUT2D eigenvalue weighted by Gasteiger charge is 2.24. The number of aromatic nitrogens is 2. The molecule has 2 heterocycles. The third-order valence-electron chi connectivity index (χ3n) is 3.71. The van der Waals surface area contributed by atoms with Gasteiger partial charge in [-0.05, 0) is 43.5 Å². The number of rotatable bonds is 1. The highest BCUT2D eigenvalue weighted by molar-refractivity contribution is 5.72. The third-order valence-corrected chi connectivity index (χ3v) is 3.71. The van der Waals surface area contributed by atoms with Gasteiger partial charge in [-0.1, -0.05) is 12.0 Å². The maximum Gasteiger partial charge on any atom is 0.278 e. The molecular formula is C16H16N2O2. The van der Waals surface area contributed by atoms with Crippen LogP contribution in [0.25, 0.3) is 11.1 Å². The van der Waals surface area contributed by atoms with Crippen LogP contribution in [0.15, 0.2) is 23.0 Å². The fourth-order valence-corrected chi connectivity index (χ4v) is 2.80. The van der Waals surface area contributed by atoms with Gasteiger partial charge in [0, 0.05) is 18.7 Å². The molecule has 0 unspecified atom stereocenters. The highest BCUT2D eigenvalue weighted by Crippen LogP contribution is 2.31. The minimum absolute atomic E-state index is 0.0740. The molecule has 0 bridgehead atoms. The smallest absolute Gasteiger partial charge is 0.278 e. The standard InChI is InChI=1S/C16H16N2O2/c1-3-5-12-6-7-13(11(2)10-12)14-15(19)17-8-4-9-18(17)16(14)20/h6-7,10,19H,4,8-9H2,1-2H3. The van der Waals surface area contributed by atoms with Crippen LogP contribution in [0.1, 0.15) is 24.5 Å². The van der Waals surface area contributed by atoms with Gasteiger partial charge in [-0.15, -0.1) is 5.92 Å². The fourth-order valence-electron chi connectivity index (χ4n) is 2.80. The Kier molecular flexibility index (Phi) is 2.90. The van der Waals surface area contributed by atoms with Gasteiger partial charge in [0.1, 0.15) is 5.56 Å². The summed E-state index contributed by atoms with van der Waals surface area (Å²) in [5.74, 6) is 5.92. The second-order valence-corrected chi connectivity index (χ2v) is 5.01. The van der Waals surface area contributed by atoms with Crippen molar-refractivity contribution in [3.05, 3.63) is 39.7 Å². The van der Waals surface area contributed by atoms with E-state index in [9.17, 15) is 9.90 Å². The molecule has 0 saturated heterocycles. The third kappa shape index (κ3) is 1.75. The van der Waals surface area contributed by atoms with Gasteiger partial charge >= 0.3 is 0 Å². The first-order valence-electron chi connectivity index (χ1n) is 6.70. The van der Waals surface area contributed by atoms with Gasteiger partial charge in [0.05, 0.1) is 0 Å². The summed E-state index contributed by atoms with van der Waals surface area (Å²) in [4.78, 5) is 12.4. The van der Waals surface area contributed by atoms with Crippen molar-refractivity contribution in [2.45, 2.75) is 33.4 Å². The van der Waals surface area contributed by atoms with Crippen LogP contribution >= 0.6 is 0 Å². The Labute approximate surface area is 117 Å². The average Bonchev–Trinajstić information content (AvgIpc) is 2.97. The molecule has 4 heteroatoms. The van der Waals surface area contributed by atoms with Crippen LogP contribution in [0, 0.1) is 18.8 Å². The largest absolute Gasteiger partial charge is 0.493 e. The van der Waals surface area contributed by atoms with Gasteiger partial charge < -0.3 is 5.11 Å². The highest BCUT2D eigenvalue weighted by atomic mass is 16.3. The molecule has 0 saturated carbocycles. The van der Waals surface area contributed by atoms with Gasteiger partial charge in [0.2, 0.25) is 5.88 Å². The molecule has 20 heavy (non-hydrogen) atoms. The van der Waals surface area contributed by atoms with E-state index in [1.807, 2.05) is 25.1 Å². The van der Waals surface area contributed by atoms with Crippen molar-refractivity contribution >= 4 is 0 Å². The summed E-state index contributed by atoms with van der Waals surface area (Å²) in [5.41, 5.74) is 2.93. The first-order valence-corrected chi connectivity index (χ1v) is 6.70. The van der Waals surface area contributed by atoms with E-state index in [-0.39, 0.29) is 11.4 Å². The first kappa shape index (κ1) is 12.6. The number of benzene rings is 1. The fraction of sp³-hybridized carbons (Fsp3) is 0.312. The zero-order valence-electron chi connectivity index (χ0n) is 11.6. The maximum absolute atomic E-state index is 12.4. The number of fused-ring (bicyclic) bond motifs is 1. The van der Waals surface area contributed by atoms with Crippen LogP contribution in [-0.4, -0.2) is 14.5 Å². The Bertz CT molecular complexity index is 800. The van der Waals surface area contributed by atoms with Crippen LogP contribution in [0.4, 0.5) is 0 Å². The van der Waals surface area contributed by atoms with E-state index in [0.717, 1.165) is 23.1 Å². The Hall–Kier alpha value is -2.41. The van der Waals surface area contributed by atoms with Gasteiger partial charge in [-0.3, -0.25) is 9.48 Å². The molecule has 102 valence electrons. The van der Waals surface area contributed by atoms with Crippen LogP contribution < -0.4 is 5.56 Å². The number of hydrogen-bond acceptors (Lipinski definition) is 2. The summed E-state index contributed by atoms with van der Waals surface area (Å²) < 4.78 is 3.28. The number of hydrogen-bond donors (Lipinski definition) is 1. The molecule has 2 aromatic rings. The molecule has 0 spiro atoms. The lowest BCUT2D eigenvalue weighted by atomic mass is 10.0. The van der Waals surface area contributed by atoms with E-state index in [1.165, 1.54) is 0 Å². The van der Waals surface area contributed by atoms with E-state index in [0.29, 0.717) is 18.7 Å². The minimum Gasteiger partial charge on any atom is -0.493 e. The molecule has 0 amide bonds. The quantitative estimate of drug-likeness (QED) is 0.805. The molecule has 4 nitrogen and oxygen atoms in total. The Morgan fingerprint density at radius 3 is 2.65 bits per heavy atom. The molecule has 1 aromatic carbocycles. The van der Waals surface area contributed by atoms with Crippen molar-refractivity contribution in [2.75, 3.05) is 0 Å². The summed E-state index contributed by atoms with van der Waals surface area (Å²) in [6.45, 7) is 5.09.